The van der Waals surface area contributed by atoms with Crippen LogP contribution in [-0.4, -0.2) is 51.8 Å². The molecular formula is C19H19N5O4S. The van der Waals surface area contributed by atoms with Gasteiger partial charge < -0.3 is 0 Å². The van der Waals surface area contributed by atoms with E-state index >= 15 is 0 Å². The number of aromatic nitrogens is 3. The zero-order valence-corrected chi connectivity index (χ0v) is 16.3. The van der Waals surface area contributed by atoms with Gasteiger partial charge >= 0.3 is 0 Å². The van der Waals surface area contributed by atoms with Crippen LogP contribution in [0.15, 0.2) is 48.9 Å². The Bertz CT molecular complexity index is 1120. The lowest BCUT2D eigenvalue weighted by Crippen LogP contribution is -2.43. The molecule has 1 N–H and O–H groups in total. The summed E-state index contributed by atoms with van der Waals surface area (Å²) in [5, 5.41) is 0. The molecule has 1 fully saturated rings. The van der Waals surface area contributed by atoms with Crippen molar-refractivity contribution in [2.75, 3.05) is 17.0 Å². The number of hydrogen-bond donors (Lipinski definition) is 1. The second-order valence-electron chi connectivity index (χ2n) is 6.74. The van der Waals surface area contributed by atoms with Gasteiger partial charge in [0.1, 0.15) is 0 Å². The number of rotatable bonds is 6. The van der Waals surface area contributed by atoms with Crippen LogP contribution in [0.1, 0.15) is 19.3 Å². The Morgan fingerprint density at radius 2 is 1.79 bits per heavy atom. The van der Waals surface area contributed by atoms with Gasteiger partial charge in [-0.25, -0.2) is 18.4 Å². The van der Waals surface area contributed by atoms with Gasteiger partial charge in [-0.3, -0.25) is 23.6 Å². The van der Waals surface area contributed by atoms with Gasteiger partial charge in [-0.1, -0.05) is 12.1 Å². The first-order valence-electron chi connectivity index (χ1n) is 9.15. The number of nitrogens with one attached hydrogen (secondary N) is 1. The molecule has 0 aliphatic carbocycles. The van der Waals surface area contributed by atoms with Crippen LogP contribution in [0.4, 0.5) is 5.69 Å². The number of likely N-dealkylation sites (tertiary alicyclic amines) is 1. The molecule has 0 atom stereocenters. The molecule has 9 nitrogen and oxygen atoms in total. The number of imide groups is 1. The van der Waals surface area contributed by atoms with Gasteiger partial charge in [0, 0.05) is 49.2 Å². The number of fused-ring (bicyclic) bond motifs is 1. The topological polar surface area (TPSA) is 114 Å². The predicted octanol–water partition coefficient (Wildman–Crippen LogP) is 1.68. The molecule has 1 aromatic carbocycles. The molecule has 0 radical (unpaired) electrons. The fourth-order valence-electron chi connectivity index (χ4n) is 3.17. The number of imidazole rings is 1. The molecule has 1 aliphatic rings. The molecule has 3 aromatic rings. The number of carbonyl (C=O) groups is 2. The van der Waals surface area contributed by atoms with Gasteiger partial charge in [0.15, 0.2) is 0 Å². The Balaban J connectivity index is 1.42. The van der Waals surface area contributed by atoms with Gasteiger partial charge in [-0.15, -0.1) is 0 Å². The quantitative estimate of drug-likeness (QED) is 0.615. The highest BCUT2D eigenvalue weighted by Gasteiger charge is 2.27. The minimum absolute atomic E-state index is 0.140. The maximum atomic E-state index is 12.3. The second kappa shape index (κ2) is 7.63. The lowest BCUT2D eigenvalue weighted by atomic mass is 10.1. The van der Waals surface area contributed by atoms with E-state index in [-0.39, 0.29) is 37.0 Å². The van der Waals surface area contributed by atoms with Crippen LogP contribution < -0.4 is 4.72 Å². The van der Waals surface area contributed by atoms with E-state index in [0.29, 0.717) is 17.9 Å². The zero-order valence-electron chi connectivity index (χ0n) is 15.5. The number of piperidine rings is 1. The van der Waals surface area contributed by atoms with Crippen LogP contribution in [0.25, 0.3) is 17.0 Å². The van der Waals surface area contributed by atoms with E-state index in [0.717, 1.165) is 16.2 Å². The highest BCUT2D eigenvalue weighted by molar-refractivity contribution is 7.92. The lowest BCUT2D eigenvalue weighted by Gasteiger charge is -2.24. The maximum Gasteiger partial charge on any atom is 0.234 e. The average molecular weight is 413 g/mol. The number of amides is 2. The molecule has 2 aromatic heterocycles. The Hall–Kier alpha value is -3.27. The van der Waals surface area contributed by atoms with E-state index in [2.05, 4.69) is 14.7 Å². The smallest absolute Gasteiger partial charge is 0.234 e. The van der Waals surface area contributed by atoms with E-state index in [1.165, 1.54) is 0 Å². The SMILES string of the molecule is O=C1CCCC(=O)N1CCS(=O)(=O)Nc1ccc(-c2cn3cccnc3n2)cc1. The molecule has 29 heavy (non-hydrogen) atoms. The van der Waals surface area contributed by atoms with E-state index in [4.69, 9.17) is 0 Å². The summed E-state index contributed by atoms with van der Waals surface area (Å²) < 4.78 is 29.0. The number of hydrogen-bond acceptors (Lipinski definition) is 6. The van der Waals surface area contributed by atoms with Crippen molar-refractivity contribution >= 4 is 33.3 Å². The molecule has 0 saturated carbocycles. The van der Waals surface area contributed by atoms with E-state index in [1.54, 1.807) is 40.9 Å². The number of carbonyl (C=O) groups excluding carboxylic acids is 2. The van der Waals surface area contributed by atoms with Crippen LogP contribution in [-0.2, 0) is 19.6 Å². The first-order valence-corrected chi connectivity index (χ1v) is 10.8. The number of benzene rings is 1. The van der Waals surface area contributed by atoms with Crippen molar-refractivity contribution in [2.45, 2.75) is 19.3 Å². The molecule has 10 heteroatoms. The molecule has 1 saturated heterocycles. The fraction of sp³-hybridized carbons (Fsp3) is 0.263. The van der Waals surface area contributed by atoms with E-state index < -0.39 is 10.0 Å². The summed E-state index contributed by atoms with van der Waals surface area (Å²) in [6.45, 7) is -0.140. The maximum absolute atomic E-state index is 12.3. The van der Waals surface area contributed by atoms with Gasteiger partial charge in [0.25, 0.3) is 0 Å². The Morgan fingerprint density at radius 1 is 1.07 bits per heavy atom. The summed E-state index contributed by atoms with van der Waals surface area (Å²) in [7, 11) is -3.70. The third kappa shape index (κ3) is 4.27. The Morgan fingerprint density at radius 3 is 2.48 bits per heavy atom. The Labute approximate surface area is 167 Å². The lowest BCUT2D eigenvalue weighted by molar-refractivity contribution is -0.147. The van der Waals surface area contributed by atoms with Crippen LogP contribution in [0, 0.1) is 0 Å². The number of sulfonamides is 1. The molecule has 3 heterocycles. The molecular weight excluding hydrogens is 394 g/mol. The average Bonchev–Trinajstić information content (AvgIpc) is 3.12. The van der Waals surface area contributed by atoms with Crippen molar-refractivity contribution in [1.82, 2.24) is 19.3 Å². The summed E-state index contributed by atoms with van der Waals surface area (Å²) in [5.74, 6) is -0.399. The molecule has 4 rings (SSSR count). The first kappa shape index (κ1) is 19.1. The monoisotopic (exact) mass is 413 g/mol. The fourth-order valence-corrected chi connectivity index (χ4v) is 4.19. The van der Waals surface area contributed by atoms with Crippen molar-refractivity contribution in [2.24, 2.45) is 0 Å². The Kier molecular flexibility index (Phi) is 5.01. The van der Waals surface area contributed by atoms with Crippen molar-refractivity contribution < 1.29 is 18.0 Å². The van der Waals surface area contributed by atoms with Crippen LogP contribution in [0.5, 0.6) is 0 Å². The number of nitrogens with zero attached hydrogens (tertiary/aromatic N) is 4. The van der Waals surface area contributed by atoms with E-state index in [9.17, 15) is 18.0 Å². The highest BCUT2D eigenvalue weighted by atomic mass is 32.2. The van der Waals surface area contributed by atoms with Crippen molar-refractivity contribution in [3.63, 3.8) is 0 Å². The van der Waals surface area contributed by atoms with Gasteiger partial charge in [0.05, 0.1) is 11.4 Å². The second-order valence-corrected chi connectivity index (χ2v) is 8.59. The molecule has 150 valence electrons. The van der Waals surface area contributed by atoms with Crippen LogP contribution in [0.3, 0.4) is 0 Å². The number of anilines is 1. The normalized spacial score (nSPS) is 15.1. The summed E-state index contributed by atoms with van der Waals surface area (Å²) in [6, 6.07) is 8.61. The van der Waals surface area contributed by atoms with Gasteiger partial charge in [0.2, 0.25) is 27.6 Å². The third-order valence-electron chi connectivity index (χ3n) is 4.66. The standard InChI is InChI=1S/C19H19N5O4S/c25-17-3-1-4-18(26)24(17)11-12-29(27,28)22-15-7-5-14(6-8-15)16-13-23-10-2-9-20-19(23)21-16/h2,5-10,13,22H,1,3-4,11-12H2. The van der Waals surface area contributed by atoms with E-state index in [1.807, 2.05) is 12.4 Å². The summed E-state index contributed by atoms with van der Waals surface area (Å²) in [6.07, 6.45) is 6.43. The summed E-state index contributed by atoms with van der Waals surface area (Å²) in [4.78, 5) is 33.2. The first-order chi connectivity index (χ1) is 13.9. The molecule has 0 bridgehead atoms. The largest absolute Gasteiger partial charge is 0.291 e. The molecule has 2 amide bonds. The molecule has 0 unspecified atom stereocenters. The van der Waals surface area contributed by atoms with Crippen LogP contribution >= 0.6 is 0 Å². The van der Waals surface area contributed by atoms with Crippen LogP contribution in [0.2, 0.25) is 0 Å². The zero-order chi connectivity index (χ0) is 20.4. The summed E-state index contributed by atoms with van der Waals surface area (Å²) in [5.41, 5.74) is 1.94. The van der Waals surface area contributed by atoms with Crippen molar-refractivity contribution in [3.8, 4) is 11.3 Å². The third-order valence-corrected chi connectivity index (χ3v) is 5.92. The van der Waals surface area contributed by atoms with Gasteiger partial charge in [-0.2, -0.15) is 0 Å². The predicted molar refractivity (Wildman–Crippen MR) is 106 cm³/mol. The molecule has 0 spiro atoms. The molecule has 1 aliphatic heterocycles. The minimum Gasteiger partial charge on any atom is -0.291 e. The summed E-state index contributed by atoms with van der Waals surface area (Å²) >= 11 is 0. The van der Waals surface area contributed by atoms with Gasteiger partial charge in [-0.05, 0) is 24.6 Å². The highest BCUT2D eigenvalue weighted by Crippen LogP contribution is 2.21. The van der Waals surface area contributed by atoms with Crippen molar-refractivity contribution in [3.05, 3.63) is 48.9 Å². The van der Waals surface area contributed by atoms with Crippen molar-refractivity contribution in [1.29, 1.82) is 0 Å². The minimum atomic E-state index is -3.70.